The van der Waals surface area contributed by atoms with Crippen molar-refractivity contribution in [3.8, 4) is 28.6 Å². The van der Waals surface area contributed by atoms with Crippen LogP contribution in [0.15, 0.2) is 97.0 Å². The summed E-state index contributed by atoms with van der Waals surface area (Å²) in [7, 11) is 0. The highest BCUT2D eigenvalue weighted by atomic mass is 16.2. The molecule has 4 fully saturated rings. The summed E-state index contributed by atoms with van der Waals surface area (Å²) in [5, 5.41) is 14.4. The van der Waals surface area contributed by atoms with Crippen molar-refractivity contribution in [3.63, 3.8) is 0 Å². The number of imidazole rings is 2. The molecule has 0 bridgehead atoms. The summed E-state index contributed by atoms with van der Waals surface area (Å²) in [5.41, 5.74) is 15.6. The monoisotopic (exact) mass is 1070 g/mol. The van der Waals surface area contributed by atoms with E-state index in [0.717, 1.165) is 58.9 Å². The van der Waals surface area contributed by atoms with E-state index in [0.29, 0.717) is 83.8 Å². The van der Waals surface area contributed by atoms with Crippen molar-refractivity contribution in [2.45, 2.75) is 83.7 Å². The summed E-state index contributed by atoms with van der Waals surface area (Å²) >= 11 is 0. The number of carbonyl (C=O) groups is 7. The number of aryl methyl sites for hydroxylation is 2. The Morgan fingerprint density at radius 3 is 1.51 bits per heavy atom. The molecule has 6 aromatic rings. The second-order valence-electron chi connectivity index (χ2n) is 19.5. The van der Waals surface area contributed by atoms with Crippen molar-refractivity contribution in [3.05, 3.63) is 154 Å². The molecule has 404 valence electrons. The predicted octanol–water partition coefficient (Wildman–Crippen LogP) is 5.69. The molecule has 10 N–H and O–H groups in total. The minimum atomic E-state index is -0.776. The molecule has 4 aromatic heterocycles. The van der Waals surface area contributed by atoms with E-state index in [9.17, 15) is 33.6 Å². The lowest BCUT2D eigenvalue weighted by atomic mass is 10.1. The number of likely N-dealkylation sites (tertiary alicyclic amines) is 2. The minimum absolute atomic E-state index is 0.00983. The lowest BCUT2D eigenvalue weighted by Crippen LogP contribution is -2.34. The number of anilines is 2. The number of aromatic nitrogens is 6. The van der Waals surface area contributed by atoms with E-state index in [4.69, 9.17) is 35.0 Å². The molecule has 2 saturated heterocycles. The number of rotatable bonds is 14. The van der Waals surface area contributed by atoms with Gasteiger partial charge in [0.1, 0.15) is 35.7 Å². The van der Waals surface area contributed by atoms with Gasteiger partial charge >= 0.3 is 0 Å². The predicted molar refractivity (Wildman–Crippen MR) is 290 cm³/mol. The van der Waals surface area contributed by atoms with E-state index in [-0.39, 0.29) is 64.4 Å². The van der Waals surface area contributed by atoms with E-state index >= 15 is 0 Å². The van der Waals surface area contributed by atoms with Gasteiger partial charge in [0.2, 0.25) is 11.6 Å². The highest BCUT2D eigenvalue weighted by molar-refractivity contribution is 6.05. The maximum Gasteiger partial charge on any atom is 0.269 e. The lowest BCUT2D eigenvalue weighted by Gasteiger charge is -2.24. The van der Waals surface area contributed by atoms with E-state index < -0.39 is 23.9 Å². The summed E-state index contributed by atoms with van der Waals surface area (Å²) < 4.78 is 2.25. The van der Waals surface area contributed by atoms with Gasteiger partial charge in [0.25, 0.3) is 29.5 Å². The van der Waals surface area contributed by atoms with Gasteiger partial charge in [-0.15, -0.1) is 0 Å². The molecule has 2 saturated carbocycles. The van der Waals surface area contributed by atoms with Gasteiger partial charge in [-0.2, -0.15) is 5.26 Å². The summed E-state index contributed by atoms with van der Waals surface area (Å²) in [5.74, 6) is 11.9. The van der Waals surface area contributed by atoms with Crippen LogP contribution >= 0.6 is 0 Å². The van der Waals surface area contributed by atoms with E-state index in [2.05, 4.69) is 35.4 Å². The van der Waals surface area contributed by atoms with Gasteiger partial charge in [0.15, 0.2) is 23.0 Å². The summed E-state index contributed by atoms with van der Waals surface area (Å²) in [6.45, 7) is 12.2. The van der Waals surface area contributed by atoms with Crippen molar-refractivity contribution in [2.75, 3.05) is 35.4 Å². The fourth-order valence-corrected chi connectivity index (χ4v) is 9.19. The smallest absolute Gasteiger partial charge is 0.269 e. The Kier molecular flexibility index (Phi) is 17.0. The number of pyridine rings is 2. The van der Waals surface area contributed by atoms with Crippen molar-refractivity contribution in [2.24, 2.45) is 23.3 Å². The first kappa shape index (κ1) is 55.2. The molecule has 0 unspecified atom stereocenters. The van der Waals surface area contributed by atoms with Gasteiger partial charge < -0.3 is 48.4 Å². The minimum Gasteiger partial charge on any atom is -0.364 e. The molecule has 10 rings (SSSR count). The number of carbonyl (C=O) groups excluding carboxylic acids is 7. The summed E-state index contributed by atoms with van der Waals surface area (Å²) in [6.07, 6.45) is 12.6. The van der Waals surface area contributed by atoms with Gasteiger partial charge in [0, 0.05) is 53.7 Å². The Labute approximate surface area is 454 Å². The second-order valence-corrected chi connectivity index (χ2v) is 19.5. The first-order chi connectivity index (χ1) is 38.0. The zero-order chi connectivity index (χ0) is 56.5. The molecule has 6 amide bonds. The summed E-state index contributed by atoms with van der Waals surface area (Å²) in [4.78, 5) is 109. The number of hydrogen-bond acceptors (Lipinski definition) is 14. The quantitative estimate of drug-likeness (QED) is 0.0331. The van der Waals surface area contributed by atoms with Crippen LogP contribution in [-0.2, 0) is 14.4 Å². The fraction of sp³-hybridized carbons (Fsp3) is 0.304. The van der Waals surface area contributed by atoms with E-state index in [1.165, 1.54) is 0 Å². The van der Waals surface area contributed by atoms with Gasteiger partial charge in [0.05, 0.1) is 24.7 Å². The van der Waals surface area contributed by atoms with Crippen molar-refractivity contribution < 1.29 is 33.6 Å². The zero-order valence-electron chi connectivity index (χ0n) is 43.5. The average Bonchev–Trinajstić information content (AvgIpc) is 4.39. The van der Waals surface area contributed by atoms with Crippen LogP contribution < -0.4 is 33.8 Å². The number of primary amides is 2. The van der Waals surface area contributed by atoms with Gasteiger partial charge in [-0.25, -0.2) is 34.1 Å². The topological polar surface area (TPSA) is 344 Å². The third kappa shape index (κ3) is 13.0. The van der Waals surface area contributed by atoms with Crippen LogP contribution in [0.5, 0.6) is 0 Å². The third-order valence-corrected chi connectivity index (χ3v) is 13.6. The molecule has 4 aliphatic rings. The molecule has 2 aliphatic heterocycles. The number of nitrogen functional groups attached to an aromatic ring is 2. The second kappa shape index (κ2) is 24.3. The number of benzene rings is 2. The first-order valence-corrected chi connectivity index (χ1v) is 25.6. The highest BCUT2D eigenvalue weighted by Gasteiger charge is 2.38. The molecule has 23 heteroatoms. The molecule has 2 aliphatic carbocycles. The van der Waals surface area contributed by atoms with Gasteiger partial charge in [-0.3, -0.25) is 28.8 Å². The normalized spacial score (nSPS) is 16.5. The molecule has 0 radical (unpaired) electrons. The molecular weight excluding hydrogens is 1010 g/mol. The van der Waals surface area contributed by atoms with Gasteiger partial charge in [-0.05, 0) is 131 Å². The van der Waals surface area contributed by atoms with Crippen LogP contribution in [0.4, 0.5) is 11.6 Å². The number of hydrogen-bond donors (Lipinski definition) is 6. The van der Waals surface area contributed by atoms with Crippen molar-refractivity contribution in [1.82, 2.24) is 39.1 Å². The SMILES string of the molecule is Cc1ccnc(NC(=O)c2ccc(-c3nc([C@@H]4CCCN4C(=O)CC#N)n(N)c3C(N)=O)cc2)c1.O=CC1CC1.[C-]#[N+]/C(=C\C1CC1)C(=O)N1CCC[C@H]1c1nc(-c2ccc(C(=O)Nc3cc(C)ccn3)cc2)c(C(N)=O)n1N. The lowest BCUT2D eigenvalue weighted by molar-refractivity contribution is -0.131. The number of nitrogens with two attached hydrogens (primary N) is 4. The van der Waals surface area contributed by atoms with Crippen LogP contribution in [0.3, 0.4) is 0 Å². The van der Waals surface area contributed by atoms with Crippen molar-refractivity contribution >= 4 is 53.4 Å². The van der Waals surface area contributed by atoms with Crippen molar-refractivity contribution in [1.29, 1.82) is 5.26 Å². The molecule has 2 aromatic carbocycles. The Hall–Kier alpha value is -10.0. The summed E-state index contributed by atoms with van der Waals surface area (Å²) in [6, 6.07) is 21.1. The van der Waals surface area contributed by atoms with Crippen LogP contribution in [0, 0.1) is 43.6 Å². The maximum atomic E-state index is 13.2. The number of nitrogens with zero attached hydrogens (tertiary/aromatic N) is 10. The van der Waals surface area contributed by atoms with E-state index in [1.807, 2.05) is 32.0 Å². The molecule has 23 nitrogen and oxygen atoms in total. The Bertz CT molecular complexity index is 3450. The van der Waals surface area contributed by atoms with Crippen LogP contribution in [0.1, 0.15) is 134 Å². The first-order valence-electron chi connectivity index (χ1n) is 25.6. The molecule has 0 spiro atoms. The Balaban J connectivity index is 0.000000192. The standard InChI is InChI=1S/C28H28N8O3.C24H24N8O3.C4H6O/c1-16-11-12-32-22(14-16)33-27(38)19-9-7-18(8-10-19)23-24(25(29)37)36(30)26(34-23)21-4-3-13-35(21)28(39)20(31-2)15-17-5-6-17;1-14-9-11-28-18(13-14)29-24(35)16-6-4-15(5-7-16)20-21(22(26)34)32(27)23(30-20)17-3-2-12-31(17)19(33)8-10-25;5-3-4-1-2-4/h7-12,14-15,17,21H,3-6,13,30H2,1H3,(H2,29,37)(H,32,33,38);4-7,9,11,13,17H,2-3,8,12,27H2,1H3,(H2,26,34)(H,28,29,35);3-4H,1-2H2/b20-15-;;/t21-;17-;/m00./s1. The molecule has 79 heavy (non-hydrogen) atoms. The molecule has 6 heterocycles. The number of nitrogens with one attached hydrogen (secondary N) is 2. The maximum absolute atomic E-state index is 13.2. The highest BCUT2D eigenvalue weighted by Crippen LogP contribution is 2.38. The average molecular weight is 1070 g/mol. The fourth-order valence-electron chi connectivity index (χ4n) is 9.19. The number of amides is 6. The van der Waals surface area contributed by atoms with Gasteiger partial charge in [-0.1, -0.05) is 30.3 Å². The van der Waals surface area contributed by atoms with Crippen LogP contribution in [0.25, 0.3) is 27.4 Å². The number of aldehydes is 1. The number of nitriles is 1. The van der Waals surface area contributed by atoms with Crippen LogP contribution in [0.2, 0.25) is 0 Å². The largest absolute Gasteiger partial charge is 0.364 e. The molecular formula is C56H58N16O7. The Morgan fingerprint density at radius 2 is 1.13 bits per heavy atom. The van der Waals surface area contributed by atoms with Crippen LogP contribution in [-0.4, -0.2) is 93.9 Å². The Morgan fingerprint density at radius 1 is 0.684 bits per heavy atom. The zero-order valence-corrected chi connectivity index (χ0v) is 43.5. The third-order valence-electron chi connectivity index (χ3n) is 13.6. The number of allylic oxidation sites excluding steroid dienone is 1. The van der Waals surface area contributed by atoms with E-state index in [1.54, 1.807) is 88.9 Å². The molecule has 2 atom stereocenters.